The van der Waals surface area contributed by atoms with Gasteiger partial charge in [0.25, 0.3) is 0 Å². The molecule has 0 bridgehead atoms. The van der Waals surface area contributed by atoms with Gasteiger partial charge >= 0.3 is 0 Å². The van der Waals surface area contributed by atoms with E-state index in [0.717, 1.165) is 12.0 Å². The zero-order valence-electron chi connectivity index (χ0n) is 10.5. The summed E-state index contributed by atoms with van der Waals surface area (Å²) in [6.45, 7) is 0. The lowest BCUT2D eigenvalue weighted by molar-refractivity contribution is 0.376. The zero-order chi connectivity index (χ0) is 12.3. The lowest BCUT2D eigenvalue weighted by atomic mass is 9.94. The first-order valence-corrected chi connectivity index (χ1v) is 6.25. The summed E-state index contributed by atoms with van der Waals surface area (Å²) in [4.78, 5) is 0. The molecule has 1 aromatic rings. The molecule has 1 aliphatic carbocycles. The van der Waals surface area contributed by atoms with Gasteiger partial charge < -0.3 is 10.1 Å². The number of halogens is 1. The van der Waals surface area contributed by atoms with Crippen LogP contribution in [0.15, 0.2) is 18.2 Å². The average molecular weight is 237 g/mol. The fourth-order valence-corrected chi connectivity index (χ4v) is 2.82. The smallest absolute Gasteiger partial charge is 0.168 e. The zero-order valence-corrected chi connectivity index (χ0v) is 10.5. The molecule has 0 radical (unpaired) electrons. The minimum absolute atomic E-state index is 0.197. The van der Waals surface area contributed by atoms with Crippen molar-refractivity contribution in [1.82, 2.24) is 5.32 Å². The van der Waals surface area contributed by atoms with E-state index < -0.39 is 0 Å². The average Bonchev–Trinajstić information content (AvgIpc) is 2.79. The fourth-order valence-electron chi connectivity index (χ4n) is 2.82. The molecule has 2 nitrogen and oxygen atoms in total. The largest absolute Gasteiger partial charge is 0.494 e. The summed E-state index contributed by atoms with van der Waals surface area (Å²) in [5.74, 6) is 0.694. The van der Waals surface area contributed by atoms with Crippen molar-refractivity contribution in [1.29, 1.82) is 0 Å². The van der Waals surface area contributed by atoms with Crippen LogP contribution in [-0.2, 0) is 6.42 Å². The summed E-state index contributed by atoms with van der Waals surface area (Å²) < 4.78 is 19.0. The van der Waals surface area contributed by atoms with Crippen LogP contribution in [0.4, 0.5) is 4.39 Å². The van der Waals surface area contributed by atoms with Gasteiger partial charge in [-0.15, -0.1) is 0 Å². The Balaban J connectivity index is 2.13. The third kappa shape index (κ3) is 2.60. The maximum Gasteiger partial charge on any atom is 0.168 e. The molecule has 17 heavy (non-hydrogen) atoms. The molecule has 2 unspecified atom stereocenters. The third-order valence-corrected chi connectivity index (χ3v) is 3.78. The van der Waals surface area contributed by atoms with Crippen LogP contribution in [0, 0.1) is 11.7 Å². The summed E-state index contributed by atoms with van der Waals surface area (Å²) in [6.07, 6.45) is 4.42. The van der Waals surface area contributed by atoms with Gasteiger partial charge in [-0.05, 0) is 43.9 Å². The Bertz CT molecular complexity index is 380. The predicted octanol–water partition coefficient (Wildman–Crippen LogP) is 2.76. The molecule has 1 N–H and O–H groups in total. The Morgan fingerprint density at radius 1 is 1.41 bits per heavy atom. The Morgan fingerprint density at radius 3 is 2.94 bits per heavy atom. The van der Waals surface area contributed by atoms with E-state index in [1.807, 2.05) is 19.2 Å². The Labute approximate surface area is 102 Å². The van der Waals surface area contributed by atoms with Crippen LogP contribution >= 0.6 is 0 Å². The van der Waals surface area contributed by atoms with E-state index in [0.29, 0.717) is 17.7 Å². The van der Waals surface area contributed by atoms with Gasteiger partial charge in [0.1, 0.15) is 0 Å². The molecule has 0 aromatic heterocycles. The van der Waals surface area contributed by atoms with Crippen LogP contribution in [0.3, 0.4) is 0 Å². The van der Waals surface area contributed by atoms with E-state index in [4.69, 9.17) is 4.74 Å². The number of ether oxygens (including phenoxy) is 1. The lowest BCUT2D eigenvalue weighted by Gasteiger charge is -2.19. The number of nitrogens with one attached hydrogen (secondary N) is 1. The van der Waals surface area contributed by atoms with E-state index in [9.17, 15) is 4.39 Å². The molecule has 3 heteroatoms. The van der Waals surface area contributed by atoms with Crippen LogP contribution in [0.5, 0.6) is 5.75 Å². The number of methoxy groups -OCH3 is 1. The van der Waals surface area contributed by atoms with Crippen molar-refractivity contribution in [3.8, 4) is 5.75 Å². The normalized spacial score (nSPS) is 23.9. The molecule has 1 saturated carbocycles. The van der Waals surface area contributed by atoms with E-state index in [1.165, 1.54) is 26.4 Å². The molecule has 0 aliphatic heterocycles. The predicted molar refractivity (Wildman–Crippen MR) is 66.8 cm³/mol. The van der Waals surface area contributed by atoms with Gasteiger partial charge in [0, 0.05) is 6.04 Å². The van der Waals surface area contributed by atoms with Crippen LogP contribution in [0.1, 0.15) is 24.8 Å². The molecule has 2 rings (SSSR count). The number of rotatable bonds is 4. The van der Waals surface area contributed by atoms with Crippen LogP contribution in [0.2, 0.25) is 0 Å². The number of hydrogen-bond donors (Lipinski definition) is 1. The highest BCUT2D eigenvalue weighted by atomic mass is 19.1. The molecular weight excluding hydrogens is 217 g/mol. The first kappa shape index (κ1) is 12.4. The standard InChI is InChI=1S/C14H20FNO/c1-16-12-7-3-5-10(12)9-11-6-4-8-13(17-2)14(11)15/h4,6,8,10,12,16H,3,5,7,9H2,1-2H3. The first-order chi connectivity index (χ1) is 8.26. The monoisotopic (exact) mass is 237 g/mol. The summed E-state index contributed by atoms with van der Waals surface area (Å²) in [7, 11) is 3.50. The van der Waals surface area contributed by atoms with Crippen LogP contribution in [-0.4, -0.2) is 20.2 Å². The fraction of sp³-hybridized carbons (Fsp3) is 0.571. The highest BCUT2D eigenvalue weighted by Gasteiger charge is 2.27. The highest BCUT2D eigenvalue weighted by Crippen LogP contribution is 2.31. The molecule has 2 atom stereocenters. The van der Waals surface area contributed by atoms with Gasteiger partial charge in [-0.3, -0.25) is 0 Å². The van der Waals surface area contributed by atoms with E-state index in [2.05, 4.69) is 5.32 Å². The van der Waals surface area contributed by atoms with Crippen LogP contribution in [0.25, 0.3) is 0 Å². The topological polar surface area (TPSA) is 21.3 Å². The molecule has 1 fully saturated rings. The quantitative estimate of drug-likeness (QED) is 0.869. The van der Waals surface area contributed by atoms with Crippen molar-refractivity contribution in [3.05, 3.63) is 29.6 Å². The molecule has 0 saturated heterocycles. The summed E-state index contributed by atoms with van der Waals surface area (Å²) in [5.41, 5.74) is 0.775. The SMILES string of the molecule is CNC1CCCC1Cc1cccc(OC)c1F. The Hall–Kier alpha value is -1.09. The molecule has 0 spiro atoms. The number of benzene rings is 1. The molecular formula is C14H20FNO. The van der Waals surface area contributed by atoms with Crippen molar-refractivity contribution in [2.75, 3.05) is 14.2 Å². The minimum Gasteiger partial charge on any atom is -0.494 e. The second-order valence-electron chi connectivity index (χ2n) is 4.72. The number of hydrogen-bond acceptors (Lipinski definition) is 2. The summed E-state index contributed by atoms with van der Waals surface area (Å²) in [6, 6.07) is 5.92. The van der Waals surface area contributed by atoms with Crippen molar-refractivity contribution in [2.24, 2.45) is 5.92 Å². The van der Waals surface area contributed by atoms with E-state index in [-0.39, 0.29) is 5.82 Å². The molecule has 1 aromatic carbocycles. The van der Waals surface area contributed by atoms with Gasteiger partial charge in [-0.25, -0.2) is 4.39 Å². The van der Waals surface area contributed by atoms with E-state index >= 15 is 0 Å². The maximum atomic E-state index is 14.0. The van der Waals surface area contributed by atoms with Crippen molar-refractivity contribution < 1.29 is 9.13 Å². The summed E-state index contributed by atoms with van der Waals surface area (Å²) in [5, 5.41) is 3.33. The second-order valence-corrected chi connectivity index (χ2v) is 4.72. The Morgan fingerprint density at radius 2 is 2.24 bits per heavy atom. The lowest BCUT2D eigenvalue weighted by Crippen LogP contribution is -2.30. The van der Waals surface area contributed by atoms with Crippen molar-refractivity contribution in [2.45, 2.75) is 31.7 Å². The summed E-state index contributed by atoms with van der Waals surface area (Å²) >= 11 is 0. The first-order valence-electron chi connectivity index (χ1n) is 6.25. The molecule has 0 amide bonds. The molecule has 1 aliphatic rings. The van der Waals surface area contributed by atoms with Gasteiger partial charge in [-0.2, -0.15) is 0 Å². The van der Waals surface area contributed by atoms with E-state index in [1.54, 1.807) is 6.07 Å². The van der Waals surface area contributed by atoms with Gasteiger partial charge in [0.2, 0.25) is 0 Å². The highest BCUT2D eigenvalue weighted by molar-refractivity contribution is 5.31. The minimum atomic E-state index is -0.197. The van der Waals surface area contributed by atoms with Crippen molar-refractivity contribution >= 4 is 0 Å². The van der Waals surface area contributed by atoms with Gasteiger partial charge in [0.15, 0.2) is 11.6 Å². The third-order valence-electron chi connectivity index (χ3n) is 3.78. The Kier molecular flexibility index (Phi) is 4.00. The van der Waals surface area contributed by atoms with Crippen LogP contribution < -0.4 is 10.1 Å². The maximum absolute atomic E-state index is 14.0. The second kappa shape index (κ2) is 5.50. The van der Waals surface area contributed by atoms with Gasteiger partial charge in [0.05, 0.1) is 7.11 Å². The van der Waals surface area contributed by atoms with Gasteiger partial charge in [-0.1, -0.05) is 18.6 Å². The van der Waals surface area contributed by atoms with Crippen molar-refractivity contribution in [3.63, 3.8) is 0 Å². The molecule has 0 heterocycles. The molecule has 94 valence electrons.